The van der Waals surface area contributed by atoms with E-state index in [1.807, 2.05) is 6.07 Å². The van der Waals surface area contributed by atoms with Gasteiger partial charge in [-0.3, -0.25) is 0 Å². The second-order valence-electron chi connectivity index (χ2n) is 4.69. The predicted molar refractivity (Wildman–Crippen MR) is 76.2 cm³/mol. The number of nitrogens with one attached hydrogen (secondary N) is 1. The van der Waals surface area contributed by atoms with Crippen LogP contribution in [0.1, 0.15) is 28.5 Å². The summed E-state index contributed by atoms with van der Waals surface area (Å²) >= 11 is 1.76. The van der Waals surface area contributed by atoms with E-state index >= 15 is 0 Å². The Morgan fingerprint density at radius 1 is 1.28 bits per heavy atom. The van der Waals surface area contributed by atoms with Crippen LogP contribution in [0.2, 0.25) is 0 Å². The lowest BCUT2D eigenvalue weighted by atomic mass is 10.00. The summed E-state index contributed by atoms with van der Waals surface area (Å²) in [6.07, 6.45) is 2.44. The Hall–Kier alpha value is -1.32. The monoisotopic (exact) mass is 259 g/mol. The zero-order valence-electron chi connectivity index (χ0n) is 10.2. The minimum absolute atomic E-state index is 0.368. The number of aryl methyl sites for hydroxylation is 1. The van der Waals surface area contributed by atoms with E-state index in [-0.39, 0.29) is 6.10 Å². The van der Waals surface area contributed by atoms with Crippen LogP contribution in [-0.4, -0.2) is 11.7 Å². The Kier molecular flexibility index (Phi) is 3.35. The fourth-order valence-corrected chi connectivity index (χ4v) is 3.26. The second-order valence-corrected chi connectivity index (χ2v) is 5.72. The third kappa shape index (κ3) is 2.28. The molecule has 94 valence electrons. The Morgan fingerprint density at radius 2 is 2.22 bits per heavy atom. The molecule has 2 N–H and O–H groups in total. The molecule has 1 unspecified atom stereocenters. The molecule has 0 fully saturated rings. The van der Waals surface area contributed by atoms with Crippen molar-refractivity contribution in [3.63, 3.8) is 0 Å². The van der Waals surface area contributed by atoms with E-state index in [4.69, 9.17) is 0 Å². The summed E-state index contributed by atoms with van der Waals surface area (Å²) in [6, 6.07) is 10.4. The average molecular weight is 259 g/mol. The third-order valence-corrected chi connectivity index (χ3v) is 4.42. The van der Waals surface area contributed by atoms with Crippen molar-refractivity contribution in [3.05, 3.63) is 51.7 Å². The second kappa shape index (κ2) is 5.12. The zero-order chi connectivity index (χ0) is 12.4. The Bertz CT molecular complexity index is 521. The first kappa shape index (κ1) is 11.8. The van der Waals surface area contributed by atoms with Crippen LogP contribution in [0.4, 0.5) is 5.69 Å². The first-order valence-electron chi connectivity index (χ1n) is 6.40. The highest BCUT2D eigenvalue weighted by Gasteiger charge is 2.18. The number of hydrogen-bond donors (Lipinski definition) is 2. The minimum atomic E-state index is -0.368. The molecule has 0 aliphatic carbocycles. The number of aliphatic hydroxyl groups is 1. The van der Waals surface area contributed by atoms with Crippen LogP contribution in [0.3, 0.4) is 0 Å². The molecular weight excluding hydrogens is 242 g/mol. The molecule has 3 rings (SSSR count). The van der Waals surface area contributed by atoms with Crippen molar-refractivity contribution in [1.29, 1.82) is 0 Å². The topological polar surface area (TPSA) is 32.3 Å². The van der Waals surface area contributed by atoms with Crippen molar-refractivity contribution < 1.29 is 5.11 Å². The molecule has 0 saturated carbocycles. The third-order valence-electron chi connectivity index (χ3n) is 3.48. The van der Waals surface area contributed by atoms with E-state index in [1.54, 1.807) is 11.3 Å². The number of benzene rings is 1. The average Bonchev–Trinajstić information content (AvgIpc) is 3.05. The van der Waals surface area contributed by atoms with Crippen molar-refractivity contribution in [1.82, 2.24) is 0 Å². The van der Waals surface area contributed by atoms with Gasteiger partial charge in [0.25, 0.3) is 0 Å². The summed E-state index contributed by atoms with van der Waals surface area (Å²) in [5, 5.41) is 15.8. The highest BCUT2D eigenvalue weighted by Crippen LogP contribution is 2.32. The van der Waals surface area contributed by atoms with Gasteiger partial charge in [0.1, 0.15) is 0 Å². The molecule has 1 aliphatic heterocycles. The number of aliphatic hydroxyl groups excluding tert-OH is 1. The molecule has 1 aliphatic rings. The maximum absolute atomic E-state index is 10.3. The van der Waals surface area contributed by atoms with Gasteiger partial charge >= 0.3 is 0 Å². The van der Waals surface area contributed by atoms with Gasteiger partial charge in [0.2, 0.25) is 0 Å². The van der Waals surface area contributed by atoms with Gasteiger partial charge in [-0.05, 0) is 36.3 Å². The van der Waals surface area contributed by atoms with Gasteiger partial charge in [-0.1, -0.05) is 24.3 Å². The molecule has 1 aromatic heterocycles. The van der Waals surface area contributed by atoms with E-state index in [2.05, 4.69) is 35.0 Å². The molecule has 0 amide bonds. The molecule has 1 aromatic carbocycles. The highest BCUT2D eigenvalue weighted by molar-refractivity contribution is 7.09. The Morgan fingerprint density at radius 3 is 3.06 bits per heavy atom. The van der Waals surface area contributed by atoms with E-state index in [0.29, 0.717) is 0 Å². The smallest absolute Gasteiger partial charge is 0.0813 e. The van der Waals surface area contributed by atoms with Crippen molar-refractivity contribution in [2.45, 2.75) is 25.4 Å². The minimum Gasteiger partial charge on any atom is -0.388 e. The first-order chi connectivity index (χ1) is 8.84. The first-order valence-corrected chi connectivity index (χ1v) is 7.28. The molecule has 2 heterocycles. The summed E-state index contributed by atoms with van der Waals surface area (Å²) in [4.78, 5) is 1.34. The van der Waals surface area contributed by atoms with Crippen LogP contribution < -0.4 is 5.32 Å². The van der Waals surface area contributed by atoms with Crippen LogP contribution in [0.25, 0.3) is 0 Å². The SMILES string of the molecule is OC(CCc1cccs1)c1cccc2c1NCC2. The predicted octanol–water partition coefficient (Wildman–Crippen LogP) is 3.38. The molecule has 0 spiro atoms. The van der Waals surface area contributed by atoms with Crippen molar-refractivity contribution in [3.8, 4) is 0 Å². The van der Waals surface area contributed by atoms with Gasteiger partial charge < -0.3 is 10.4 Å². The molecule has 1 atom stereocenters. The van der Waals surface area contributed by atoms with Crippen LogP contribution in [0, 0.1) is 0 Å². The molecule has 18 heavy (non-hydrogen) atoms. The molecule has 0 saturated heterocycles. The van der Waals surface area contributed by atoms with Crippen molar-refractivity contribution >= 4 is 17.0 Å². The van der Waals surface area contributed by atoms with Crippen LogP contribution in [0.15, 0.2) is 35.7 Å². The number of hydrogen-bond acceptors (Lipinski definition) is 3. The highest BCUT2D eigenvalue weighted by atomic mass is 32.1. The summed E-state index contributed by atoms with van der Waals surface area (Å²) in [5.74, 6) is 0. The number of anilines is 1. The maximum atomic E-state index is 10.3. The summed E-state index contributed by atoms with van der Waals surface area (Å²) in [6.45, 7) is 0.990. The van der Waals surface area contributed by atoms with Gasteiger partial charge in [0.05, 0.1) is 6.10 Å². The summed E-state index contributed by atoms with van der Waals surface area (Å²) in [5.41, 5.74) is 3.56. The summed E-state index contributed by atoms with van der Waals surface area (Å²) < 4.78 is 0. The molecular formula is C15H17NOS. The van der Waals surface area contributed by atoms with Crippen LogP contribution in [0.5, 0.6) is 0 Å². The lowest BCUT2D eigenvalue weighted by molar-refractivity contribution is 0.169. The largest absolute Gasteiger partial charge is 0.388 e. The van der Waals surface area contributed by atoms with E-state index in [9.17, 15) is 5.11 Å². The van der Waals surface area contributed by atoms with Gasteiger partial charge in [-0.15, -0.1) is 11.3 Å². The Labute approximate surface area is 111 Å². The molecule has 2 nitrogen and oxygen atoms in total. The number of para-hydroxylation sites is 1. The van der Waals surface area contributed by atoms with Gasteiger partial charge in [-0.25, -0.2) is 0 Å². The van der Waals surface area contributed by atoms with Crippen LogP contribution in [-0.2, 0) is 12.8 Å². The van der Waals surface area contributed by atoms with Crippen LogP contribution >= 0.6 is 11.3 Å². The van der Waals surface area contributed by atoms with E-state index in [1.165, 1.54) is 10.4 Å². The lowest BCUT2D eigenvalue weighted by Gasteiger charge is -2.15. The molecule has 0 radical (unpaired) electrons. The van der Waals surface area contributed by atoms with E-state index < -0.39 is 0 Å². The van der Waals surface area contributed by atoms with E-state index in [0.717, 1.165) is 37.1 Å². The van der Waals surface area contributed by atoms with Gasteiger partial charge in [-0.2, -0.15) is 0 Å². The fourth-order valence-electron chi connectivity index (χ4n) is 2.53. The number of thiophene rings is 1. The maximum Gasteiger partial charge on any atom is 0.0813 e. The molecule has 3 heteroatoms. The van der Waals surface area contributed by atoms with Crippen molar-refractivity contribution in [2.75, 3.05) is 11.9 Å². The quantitative estimate of drug-likeness (QED) is 0.882. The normalized spacial score (nSPS) is 15.2. The summed E-state index contributed by atoms with van der Waals surface area (Å²) in [7, 11) is 0. The molecule has 2 aromatic rings. The number of rotatable bonds is 4. The number of fused-ring (bicyclic) bond motifs is 1. The Balaban J connectivity index is 1.72. The van der Waals surface area contributed by atoms with Gasteiger partial charge in [0, 0.05) is 22.7 Å². The van der Waals surface area contributed by atoms with Crippen molar-refractivity contribution in [2.24, 2.45) is 0 Å². The molecule has 0 bridgehead atoms. The van der Waals surface area contributed by atoms with Gasteiger partial charge in [0.15, 0.2) is 0 Å². The standard InChI is InChI=1S/C15H17NOS/c17-14(7-6-12-4-2-10-18-12)13-5-1-3-11-8-9-16-15(11)13/h1-5,10,14,16-17H,6-9H2. The zero-order valence-corrected chi connectivity index (χ0v) is 11.0. The lowest BCUT2D eigenvalue weighted by Crippen LogP contribution is -2.03. The fraction of sp³-hybridized carbons (Fsp3) is 0.333.